The van der Waals surface area contributed by atoms with Crippen LogP contribution >= 0.6 is 0 Å². The van der Waals surface area contributed by atoms with Crippen LogP contribution in [0.15, 0.2) is 0 Å². The van der Waals surface area contributed by atoms with Crippen LogP contribution in [0.1, 0.15) is 39.0 Å². The van der Waals surface area contributed by atoms with Crippen molar-refractivity contribution in [2.45, 2.75) is 45.1 Å². The molecule has 5 nitrogen and oxygen atoms in total. The number of amides is 1. The molecule has 0 aromatic rings. The van der Waals surface area contributed by atoms with E-state index in [1.807, 2.05) is 11.8 Å². The molecule has 1 amide bonds. The van der Waals surface area contributed by atoms with Gasteiger partial charge in [0.1, 0.15) is 0 Å². The van der Waals surface area contributed by atoms with Crippen LogP contribution in [0.3, 0.4) is 0 Å². The molecule has 2 aliphatic heterocycles. The van der Waals surface area contributed by atoms with E-state index in [0.717, 1.165) is 45.6 Å². The Labute approximate surface area is 117 Å². The second kappa shape index (κ2) is 10.2. The zero-order valence-electron chi connectivity index (χ0n) is 12.3. The van der Waals surface area contributed by atoms with Gasteiger partial charge < -0.3 is 21.3 Å². The summed E-state index contributed by atoms with van der Waals surface area (Å²) in [7, 11) is 0. The first-order valence-electron chi connectivity index (χ1n) is 7.69. The van der Waals surface area contributed by atoms with Gasteiger partial charge >= 0.3 is 0 Å². The second-order valence-corrected chi connectivity index (χ2v) is 5.25. The second-order valence-electron chi connectivity index (χ2n) is 5.25. The van der Waals surface area contributed by atoms with E-state index in [4.69, 9.17) is 5.73 Å². The minimum atomic E-state index is 0.290. The van der Waals surface area contributed by atoms with Gasteiger partial charge in [0.05, 0.1) is 6.54 Å². The third kappa shape index (κ3) is 6.89. The zero-order chi connectivity index (χ0) is 13.9. The number of hydrogen-bond donors (Lipinski definition) is 3. The summed E-state index contributed by atoms with van der Waals surface area (Å²) in [4.78, 5) is 13.9. The maximum Gasteiger partial charge on any atom is 0.236 e. The van der Waals surface area contributed by atoms with Crippen molar-refractivity contribution in [1.29, 1.82) is 0 Å². The van der Waals surface area contributed by atoms with E-state index in [9.17, 15) is 4.79 Å². The van der Waals surface area contributed by atoms with Crippen LogP contribution in [0.5, 0.6) is 0 Å². The number of rotatable bonds is 3. The molecule has 0 unspecified atom stereocenters. The molecular weight excluding hydrogens is 240 g/mol. The number of carbonyl (C=O) groups excluding carboxylic acids is 1. The molecule has 0 aromatic carbocycles. The molecule has 5 heteroatoms. The predicted octanol–water partition coefficient (Wildman–Crippen LogP) is 0.306. The fourth-order valence-corrected chi connectivity index (χ4v) is 2.51. The molecule has 0 aliphatic carbocycles. The standard InChI is InChI=1S/C12H23N3O.C2H7N/c16-12(15-8-2-1-3-9-15)10-14-11-4-6-13-7-5-11;1-2-3/h11,13-14H,1-10H2;2-3H2,1H3. The molecule has 0 bridgehead atoms. The fraction of sp³-hybridized carbons (Fsp3) is 0.929. The summed E-state index contributed by atoms with van der Waals surface area (Å²) < 4.78 is 0. The van der Waals surface area contributed by atoms with Gasteiger partial charge in [0, 0.05) is 19.1 Å². The first kappa shape index (κ1) is 16.4. The van der Waals surface area contributed by atoms with Gasteiger partial charge in [0.2, 0.25) is 5.91 Å². The molecule has 2 saturated heterocycles. The molecule has 0 radical (unpaired) electrons. The maximum absolute atomic E-state index is 11.9. The number of piperidine rings is 2. The average molecular weight is 270 g/mol. The largest absolute Gasteiger partial charge is 0.342 e. The molecule has 4 N–H and O–H groups in total. The highest BCUT2D eigenvalue weighted by molar-refractivity contribution is 5.78. The van der Waals surface area contributed by atoms with Gasteiger partial charge in [-0.25, -0.2) is 0 Å². The van der Waals surface area contributed by atoms with E-state index in [1.54, 1.807) is 0 Å². The topological polar surface area (TPSA) is 70.4 Å². The van der Waals surface area contributed by atoms with Crippen molar-refractivity contribution in [2.75, 3.05) is 39.3 Å². The Hall–Kier alpha value is -0.650. The van der Waals surface area contributed by atoms with Crippen molar-refractivity contribution in [1.82, 2.24) is 15.5 Å². The van der Waals surface area contributed by atoms with Gasteiger partial charge in [-0.1, -0.05) is 6.92 Å². The summed E-state index contributed by atoms with van der Waals surface area (Å²) in [6, 6.07) is 0.537. The third-order valence-corrected chi connectivity index (χ3v) is 3.59. The van der Waals surface area contributed by atoms with Crippen molar-refractivity contribution >= 4 is 5.91 Å². The van der Waals surface area contributed by atoms with Crippen molar-refractivity contribution in [3.8, 4) is 0 Å². The fourth-order valence-electron chi connectivity index (χ4n) is 2.51. The quantitative estimate of drug-likeness (QED) is 0.690. The summed E-state index contributed by atoms with van der Waals surface area (Å²) in [5, 5.41) is 6.72. The van der Waals surface area contributed by atoms with Crippen LogP contribution in [0.2, 0.25) is 0 Å². The Kier molecular flexibility index (Phi) is 8.79. The van der Waals surface area contributed by atoms with Gasteiger partial charge in [-0.15, -0.1) is 0 Å². The lowest BCUT2D eigenvalue weighted by Crippen LogP contribution is -2.46. The van der Waals surface area contributed by atoms with E-state index >= 15 is 0 Å². The Balaban J connectivity index is 0.000000550. The molecule has 0 spiro atoms. The first-order valence-corrected chi connectivity index (χ1v) is 7.69. The Morgan fingerprint density at radius 3 is 2.42 bits per heavy atom. The summed E-state index contributed by atoms with van der Waals surface area (Å²) in [5.41, 5.74) is 4.85. The molecule has 0 saturated carbocycles. The average Bonchev–Trinajstić information content (AvgIpc) is 2.47. The molecule has 2 fully saturated rings. The highest BCUT2D eigenvalue weighted by Crippen LogP contribution is 2.08. The van der Waals surface area contributed by atoms with Crippen LogP contribution in [0, 0.1) is 0 Å². The van der Waals surface area contributed by atoms with Crippen LogP contribution in [-0.2, 0) is 4.79 Å². The first-order chi connectivity index (χ1) is 9.27. The Bertz CT molecular complexity index is 236. The SMILES string of the molecule is CCN.O=C(CNC1CCNCC1)N1CCCCC1. The minimum Gasteiger partial charge on any atom is -0.342 e. The zero-order valence-corrected chi connectivity index (χ0v) is 12.3. The number of hydrogen-bond acceptors (Lipinski definition) is 4. The Morgan fingerprint density at radius 2 is 1.84 bits per heavy atom. The normalized spacial score (nSPS) is 20.6. The molecule has 2 rings (SSSR count). The smallest absolute Gasteiger partial charge is 0.236 e. The van der Waals surface area contributed by atoms with E-state index < -0.39 is 0 Å². The molecule has 2 aliphatic rings. The van der Waals surface area contributed by atoms with Gasteiger partial charge in [-0.05, 0) is 51.7 Å². The minimum absolute atomic E-state index is 0.290. The number of likely N-dealkylation sites (tertiary alicyclic amines) is 1. The van der Waals surface area contributed by atoms with Crippen molar-refractivity contribution in [3.63, 3.8) is 0 Å². The highest BCUT2D eigenvalue weighted by Gasteiger charge is 2.18. The van der Waals surface area contributed by atoms with Crippen molar-refractivity contribution in [3.05, 3.63) is 0 Å². The van der Waals surface area contributed by atoms with Crippen molar-refractivity contribution in [2.24, 2.45) is 5.73 Å². The lowest BCUT2D eigenvalue weighted by Gasteiger charge is -2.29. The van der Waals surface area contributed by atoms with E-state index in [1.165, 1.54) is 19.3 Å². The van der Waals surface area contributed by atoms with Gasteiger partial charge in [0.25, 0.3) is 0 Å². The highest BCUT2D eigenvalue weighted by atomic mass is 16.2. The van der Waals surface area contributed by atoms with Crippen molar-refractivity contribution < 1.29 is 4.79 Å². The van der Waals surface area contributed by atoms with Crippen LogP contribution < -0.4 is 16.4 Å². The lowest BCUT2D eigenvalue weighted by molar-refractivity contribution is -0.131. The molecule has 0 aromatic heterocycles. The third-order valence-electron chi connectivity index (χ3n) is 3.59. The molecular formula is C14H30N4O. The van der Waals surface area contributed by atoms with Crippen LogP contribution in [0.4, 0.5) is 0 Å². The van der Waals surface area contributed by atoms with Crippen LogP contribution in [-0.4, -0.2) is 56.1 Å². The van der Waals surface area contributed by atoms with E-state index in [-0.39, 0.29) is 0 Å². The molecule has 112 valence electrons. The predicted molar refractivity (Wildman–Crippen MR) is 79.1 cm³/mol. The van der Waals surface area contributed by atoms with E-state index in [0.29, 0.717) is 18.5 Å². The number of nitrogens with two attached hydrogens (primary N) is 1. The number of carbonyl (C=O) groups is 1. The van der Waals surface area contributed by atoms with Gasteiger partial charge in [0.15, 0.2) is 0 Å². The molecule has 0 atom stereocenters. The molecule has 2 heterocycles. The van der Waals surface area contributed by atoms with Gasteiger partial charge in [-0.3, -0.25) is 4.79 Å². The monoisotopic (exact) mass is 270 g/mol. The number of nitrogens with zero attached hydrogens (tertiary/aromatic N) is 1. The van der Waals surface area contributed by atoms with Gasteiger partial charge in [-0.2, -0.15) is 0 Å². The lowest BCUT2D eigenvalue weighted by atomic mass is 10.1. The Morgan fingerprint density at radius 1 is 1.26 bits per heavy atom. The van der Waals surface area contributed by atoms with Crippen LogP contribution in [0.25, 0.3) is 0 Å². The summed E-state index contributed by atoms with van der Waals surface area (Å²) in [6.07, 6.45) is 5.93. The summed E-state index contributed by atoms with van der Waals surface area (Å²) >= 11 is 0. The van der Waals surface area contributed by atoms with E-state index in [2.05, 4.69) is 10.6 Å². The summed E-state index contributed by atoms with van der Waals surface area (Å²) in [5.74, 6) is 0.290. The molecule has 19 heavy (non-hydrogen) atoms. The number of nitrogens with one attached hydrogen (secondary N) is 2. The summed E-state index contributed by atoms with van der Waals surface area (Å²) in [6.45, 7) is 7.27. The maximum atomic E-state index is 11.9.